The van der Waals surface area contributed by atoms with E-state index in [1.54, 1.807) is 5.57 Å². The van der Waals surface area contributed by atoms with Crippen LogP contribution in [0.5, 0.6) is 0 Å². The van der Waals surface area contributed by atoms with Crippen LogP contribution in [0.25, 0.3) is 0 Å². The number of carbonyl (C=O) groups is 1. The number of nitrogens with zero attached hydrogens (tertiary/aromatic N) is 3. The monoisotopic (exact) mass is 429 g/mol. The summed E-state index contributed by atoms with van der Waals surface area (Å²) >= 11 is 1.44. The van der Waals surface area contributed by atoms with E-state index in [0.717, 1.165) is 25.2 Å². The number of allylic oxidation sites excluding steroid dienone is 2. The first-order valence-corrected chi connectivity index (χ1v) is 13.3. The third kappa shape index (κ3) is 4.35. The maximum atomic E-state index is 13.5. The molecular weight excluding hydrogens is 394 g/mol. The molecule has 2 fully saturated rings. The Bertz CT molecular complexity index is 783. The van der Waals surface area contributed by atoms with Crippen LogP contribution < -0.4 is 0 Å². The van der Waals surface area contributed by atoms with Gasteiger partial charge in [-0.1, -0.05) is 49.4 Å². The maximum Gasteiger partial charge on any atom is 0.277 e. The van der Waals surface area contributed by atoms with Crippen LogP contribution in [0.4, 0.5) is 0 Å². The van der Waals surface area contributed by atoms with Crippen molar-refractivity contribution in [3.05, 3.63) is 17.2 Å². The first-order valence-electron chi connectivity index (χ1n) is 12.3. The first kappa shape index (κ1) is 20.6. The fourth-order valence-electron chi connectivity index (χ4n) is 6.26. The topological polar surface area (TPSA) is 59.2 Å². The van der Waals surface area contributed by atoms with Gasteiger partial charge in [0.15, 0.2) is 0 Å². The van der Waals surface area contributed by atoms with Gasteiger partial charge in [-0.25, -0.2) is 0 Å². The number of hydrogen-bond acceptors (Lipinski definition) is 5. The van der Waals surface area contributed by atoms with E-state index in [9.17, 15) is 4.79 Å². The molecule has 3 aliphatic carbocycles. The molecule has 4 aliphatic rings. The van der Waals surface area contributed by atoms with Crippen molar-refractivity contribution in [2.24, 2.45) is 5.92 Å². The third-order valence-corrected chi connectivity index (χ3v) is 8.63. The lowest BCUT2D eigenvalue weighted by Crippen LogP contribution is -2.45. The van der Waals surface area contributed by atoms with Crippen molar-refractivity contribution < 1.29 is 9.21 Å². The Balaban J connectivity index is 1.29. The highest BCUT2D eigenvalue weighted by Gasteiger charge is 2.38. The first-order chi connectivity index (χ1) is 14.8. The molecule has 1 aromatic rings. The van der Waals surface area contributed by atoms with Crippen molar-refractivity contribution in [1.82, 2.24) is 15.1 Å². The van der Waals surface area contributed by atoms with Gasteiger partial charge in [0.25, 0.3) is 5.22 Å². The molecule has 0 aromatic carbocycles. The summed E-state index contributed by atoms with van der Waals surface area (Å²) < 4.78 is 5.96. The fourth-order valence-corrected chi connectivity index (χ4v) is 6.89. The highest BCUT2D eigenvalue weighted by atomic mass is 32.2. The Kier molecular flexibility index (Phi) is 6.49. The average molecular weight is 430 g/mol. The molecule has 30 heavy (non-hydrogen) atoms. The maximum absolute atomic E-state index is 13.5. The largest absolute Gasteiger partial charge is 0.416 e. The van der Waals surface area contributed by atoms with Crippen molar-refractivity contribution in [2.75, 3.05) is 5.75 Å². The average Bonchev–Trinajstić information content (AvgIpc) is 3.21. The van der Waals surface area contributed by atoms with Crippen LogP contribution in [0, 0.1) is 5.92 Å². The molecular formula is C24H35N3O2S. The Morgan fingerprint density at radius 2 is 1.70 bits per heavy atom. The summed E-state index contributed by atoms with van der Waals surface area (Å²) in [6.45, 7) is 0. The van der Waals surface area contributed by atoms with Gasteiger partial charge in [0.1, 0.15) is 0 Å². The van der Waals surface area contributed by atoms with E-state index in [0.29, 0.717) is 28.9 Å². The second-order valence-corrected chi connectivity index (χ2v) is 10.6. The Morgan fingerprint density at radius 1 is 0.900 bits per heavy atom. The number of rotatable bonds is 4. The third-order valence-electron chi connectivity index (χ3n) is 7.82. The van der Waals surface area contributed by atoms with Gasteiger partial charge in [-0.05, 0) is 70.1 Å². The molecule has 0 bridgehead atoms. The van der Waals surface area contributed by atoms with Crippen molar-refractivity contribution in [3.63, 3.8) is 0 Å². The molecule has 0 N–H and O–H groups in total. The van der Waals surface area contributed by atoms with E-state index in [1.165, 1.54) is 94.5 Å². The minimum absolute atomic E-state index is 0.255. The lowest BCUT2D eigenvalue weighted by Gasteiger charge is -2.40. The van der Waals surface area contributed by atoms with E-state index in [2.05, 4.69) is 15.1 Å². The van der Waals surface area contributed by atoms with Gasteiger partial charge in [-0.15, -0.1) is 10.2 Å². The SMILES string of the molecule is O=C(CSc1nnc(C2CCCCC2)o1)N1C2=C(CCCC2)CCC2CCCCC21. The van der Waals surface area contributed by atoms with Gasteiger partial charge < -0.3 is 9.32 Å². The summed E-state index contributed by atoms with van der Waals surface area (Å²) in [5.41, 5.74) is 2.96. The Hall–Kier alpha value is -1.30. The normalized spacial score (nSPS) is 28.1. The van der Waals surface area contributed by atoms with Crippen LogP contribution in [-0.4, -0.2) is 32.8 Å². The number of carbonyl (C=O) groups excluding carboxylic acids is 1. The summed E-state index contributed by atoms with van der Waals surface area (Å²) in [5.74, 6) is 2.54. The van der Waals surface area contributed by atoms with Gasteiger partial charge in [0, 0.05) is 17.7 Å². The Morgan fingerprint density at radius 3 is 2.60 bits per heavy atom. The molecule has 5 nitrogen and oxygen atoms in total. The molecule has 1 aliphatic heterocycles. The van der Waals surface area contributed by atoms with Gasteiger partial charge in [-0.2, -0.15) is 0 Å². The van der Waals surface area contributed by atoms with Crippen molar-refractivity contribution in [2.45, 2.75) is 113 Å². The van der Waals surface area contributed by atoms with E-state index < -0.39 is 0 Å². The molecule has 164 valence electrons. The summed E-state index contributed by atoms with van der Waals surface area (Å²) in [5, 5.41) is 9.12. The predicted molar refractivity (Wildman–Crippen MR) is 118 cm³/mol. The zero-order valence-electron chi connectivity index (χ0n) is 18.1. The molecule has 5 rings (SSSR count). The molecule has 0 radical (unpaired) electrons. The summed E-state index contributed by atoms with van der Waals surface area (Å²) in [7, 11) is 0. The van der Waals surface area contributed by atoms with Crippen LogP contribution in [0.15, 0.2) is 20.9 Å². The molecule has 2 atom stereocenters. The molecule has 2 saturated carbocycles. The van der Waals surface area contributed by atoms with Crippen LogP contribution in [0.2, 0.25) is 0 Å². The van der Waals surface area contributed by atoms with Crippen LogP contribution in [-0.2, 0) is 4.79 Å². The van der Waals surface area contributed by atoms with E-state index in [4.69, 9.17) is 4.42 Å². The van der Waals surface area contributed by atoms with E-state index in [1.807, 2.05) is 0 Å². The van der Waals surface area contributed by atoms with Gasteiger partial charge in [0.05, 0.1) is 5.75 Å². The van der Waals surface area contributed by atoms with Gasteiger partial charge >= 0.3 is 0 Å². The Labute approximate surface area is 184 Å². The summed E-state index contributed by atoms with van der Waals surface area (Å²) in [6.07, 6.45) is 18.4. The van der Waals surface area contributed by atoms with Crippen molar-refractivity contribution in [3.8, 4) is 0 Å². The molecule has 1 amide bonds. The van der Waals surface area contributed by atoms with Crippen molar-refractivity contribution >= 4 is 17.7 Å². The number of amides is 1. The smallest absolute Gasteiger partial charge is 0.277 e. The molecule has 0 spiro atoms. The summed E-state index contributed by atoms with van der Waals surface area (Å²) in [4.78, 5) is 15.8. The quantitative estimate of drug-likeness (QED) is 0.532. The predicted octanol–water partition coefficient (Wildman–Crippen LogP) is 6.22. The zero-order chi connectivity index (χ0) is 20.3. The minimum Gasteiger partial charge on any atom is -0.416 e. The van der Waals surface area contributed by atoms with E-state index >= 15 is 0 Å². The standard InChI is InChI=1S/C24H35N3O2S/c28-22(16-30-24-26-25-23(29-24)19-10-2-1-3-11-19)27-20-12-6-4-8-17(20)14-15-18-9-5-7-13-21(18)27/h17,19-20H,1-16H2. The van der Waals surface area contributed by atoms with Crippen LogP contribution in [0.1, 0.15) is 108 Å². The summed E-state index contributed by atoms with van der Waals surface area (Å²) in [6, 6.07) is 0.415. The molecule has 6 heteroatoms. The fraction of sp³-hybridized carbons (Fsp3) is 0.792. The minimum atomic E-state index is 0.255. The number of thioether (sulfide) groups is 1. The van der Waals surface area contributed by atoms with Crippen LogP contribution in [0.3, 0.4) is 0 Å². The van der Waals surface area contributed by atoms with Gasteiger partial charge in [-0.3, -0.25) is 4.79 Å². The van der Waals surface area contributed by atoms with Crippen LogP contribution >= 0.6 is 11.8 Å². The lowest BCUT2D eigenvalue weighted by atomic mass is 9.81. The number of aromatic nitrogens is 2. The molecule has 0 saturated heterocycles. The highest BCUT2D eigenvalue weighted by molar-refractivity contribution is 7.99. The lowest BCUT2D eigenvalue weighted by molar-refractivity contribution is -0.130. The van der Waals surface area contributed by atoms with E-state index in [-0.39, 0.29) is 5.91 Å². The molecule has 2 heterocycles. The van der Waals surface area contributed by atoms with Gasteiger partial charge in [0.2, 0.25) is 11.8 Å². The van der Waals surface area contributed by atoms with Crippen molar-refractivity contribution in [1.29, 1.82) is 0 Å². The zero-order valence-corrected chi connectivity index (χ0v) is 18.9. The molecule has 2 unspecified atom stereocenters. The number of fused-ring (bicyclic) bond motifs is 1. The number of hydrogen-bond donors (Lipinski definition) is 0. The molecule has 1 aromatic heterocycles. The highest BCUT2D eigenvalue weighted by Crippen LogP contribution is 2.43. The second kappa shape index (κ2) is 9.46. The second-order valence-electron chi connectivity index (χ2n) is 9.70.